The van der Waals surface area contributed by atoms with Crippen LogP contribution in [0.25, 0.3) is 22.3 Å². The van der Waals surface area contributed by atoms with Crippen LogP contribution in [0.15, 0.2) is 31.0 Å². The molecule has 0 atom stereocenters. The van der Waals surface area contributed by atoms with E-state index in [4.69, 9.17) is 14.4 Å². The van der Waals surface area contributed by atoms with Gasteiger partial charge in [0.1, 0.15) is 17.5 Å². The molecule has 1 saturated heterocycles. The van der Waals surface area contributed by atoms with Gasteiger partial charge in [0.15, 0.2) is 0 Å². The molecule has 0 bridgehead atoms. The van der Waals surface area contributed by atoms with Crippen molar-refractivity contribution in [3.8, 4) is 17.3 Å². The second-order valence-corrected chi connectivity index (χ2v) is 9.38. The molecule has 30 heavy (non-hydrogen) atoms. The van der Waals surface area contributed by atoms with Crippen molar-refractivity contribution in [2.24, 2.45) is 0 Å². The molecule has 1 fully saturated rings. The average molecular weight is 452 g/mol. The standard InChI is InChI=1S/C16H17N7O2S.HO3P/c1-2-26(24,25)22-9-16(10-22,4-5-17)23-8-12(7-21-23)14-13-3-6-18-15(13)20-11-19-14;1-4(2)3/h3,6-8,11H,2,4,9-10H2,1H3,(H,18,19,20);(H-,1,2,3)/p+1. The molecule has 0 radical (unpaired) electrons. The number of aromatic amines is 1. The summed E-state index contributed by atoms with van der Waals surface area (Å²) in [5, 5.41) is 14.5. The second-order valence-electron chi connectivity index (χ2n) is 6.62. The summed E-state index contributed by atoms with van der Waals surface area (Å²) in [6, 6.07) is 4.06. The van der Waals surface area contributed by atoms with Gasteiger partial charge in [0.05, 0.1) is 30.1 Å². The number of nitrogens with zero attached hydrogens (tertiary/aromatic N) is 6. The summed E-state index contributed by atoms with van der Waals surface area (Å²) in [5.41, 5.74) is 1.64. The van der Waals surface area contributed by atoms with Gasteiger partial charge in [-0.3, -0.25) is 4.68 Å². The Bertz CT molecular complexity index is 1210. The lowest BCUT2D eigenvalue weighted by Crippen LogP contribution is -2.64. The van der Waals surface area contributed by atoms with Crippen LogP contribution in [0.1, 0.15) is 13.3 Å². The quantitative estimate of drug-likeness (QED) is 0.470. The van der Waals surface area contributed by atoms with Crippen LogP contribution in [-0.2, 0) is 20.1 Å². The highest BCUT2D eigenvalue weighted by Crippen LogP contribution is 2.35. The van der Waals surface area contributed by atoms with Crippen molar-refractivity contribution in [3.05, 3.63) is 31.0 Å². The van der Waals surface area contributed by atoms with E-state index in [-0.39, 0.29) is 25.3 Å². The SMILES string of the molecule is CCS(=O)(=O)N1CC(CC#N)(n2cc(-c3ncnc4[nH]ccc34)cn2)C1.O=[P+](O)O. The first kappa shape index (κ1) is 21.9. The van der Waals surface area contributed by atoms with Crippen LogP contribution in [0.2, 0.25) is 0 Å². The topological polar surface area (TPSA) is 178 Å². The van der Waals surface area contributed by atoms with Crippen LogP contribution >= 0.6 is 8.25 Å². The van der Waals surface area contributed by atoms with Crippen LogP contribution in [0, 0.1) is 11.3 Å². The summed E-state index contributed by atoms with van der Waals surface area (Å²) in [4.78, 5) is 25.8. The highest BCUT2D eigenvalue weighted by molar-refractivity contribution is 7.89. The van der Waals surface area contributed by atoms with Crippen LogP contribution in [-0.4, -0.2) is 66.1 Å². The minimum atomic E-state index is -3.27. The van der Waals surface area contributed by atoms with Crippen molar-refractivity contribution in [1.82, 2.24) is 29.0 Å². The van der Waals surface area contributed by atoms with Gasteiger partial charge in [-0.1, -0.05) is 0 Å². The monoisotopic (exact) mass is 452 g/mol. The maximum absolute atomic E-state index is 12.0. The van der Waals surface area contributed by atoms with E-state index in [0.29, 0.717) is 0 Å². The Balaban J connectivity index is 0.000000589. The smallest absolute Gasteiger partial charge is 0.346 e. The fourth-order valence-electron chi connectivity index (χ4n) is 3.28. The summed E-state index contributed by atoms with van der Waals surface area (Å²) in [6.07, 6.45) is 6.97. The summed E-state index contributed by atoms with van der Waals surface area (Å²) in [6.45, 7) is 2.12. The lowest BCUT2D eigenvalue weighted by atomic mass is 9.89. The van der Waals surface area contributed by atoms with Crippen molar-refractivity contribution in [1.29, 1.82) is 5.26 Å². The number of hydrogen-bond acceptors (Lipinski definition) is 7. The van der Waals surface area contributed by atoms with Gasteiger partial charge in [0, 0.05) is 41.0 Å². The zero-order valence-electron chi connectivity index (χ0n) is 15.9. The molecule has 14 heteroatoms. The summed E-state index contributed by atoms with van der Waals surface area (Å²) < 4.78 is 35.9. The second kappa shape index (κ2) is 8.55. The van der Waals surface area contributed by atoms with Gasteiger partial charge in [-0.2, -0.15) is 14.7 Å². The maximum atomic E-state index is 12.0. The first-order chi connectivity index (χ1) is 14.2. The third-order valence-corrected chi connectivity index (χ3v) is 6.58. The van der Waals surface area contributed by atoms with Crippen LogP contribution in [0.5, 0.6) is 0 Å². The Kier molecular flexibility index (Phi) is 6.25. The van der Waals surface area contributed by atoms with E-state index in [9.17, 15) is 13.7 Å². The Hall–Kier alpha value is -2.75. The van der Waals surface area contributed by atoms with Crippen LogP contribution in [0.3, 0.4) is 0 Å². The van der Waals surface area contributed by atoms with E-state index in [0.717, 1.165) is 22.3 Å². The number of nitriles is 1. The number of fused-ring (bicyclic) bond motifs is 1. The fraction of sp³-hybridized carbons (Fsp3) is 0.375. The van der Waals surface area contributed by atoms with Gasteiger partial charge in [0.25, 0.3) is 0 Å². The van der Waals surface area contributed by atoms with Gasteiger partial charge in [-0.25, -0.2) is 18.4 Å². The van der Waals surface area contributed by atoms with Gasteiger partial charge in [0.2, 0.25) is 10.0 Å². The van der Waals surface area contributed by atoms with E-state index >= 15 is 0 Å². The number of H-pyrrole nitrogens is 1. The number of nitrogens with one attached hydrogen (secondary N) is 1. The predicted molar refractivity (Wildman–Crippen MR) is 106 cm³/mol. The average Bonchev–Trinajstić information content (AvgIpc) is 3.33. The van der Waals surface area contributed by atoms with E-state index < -0.39 is 23.8 Å². The van der Waals surface area contributed by atoms with Crippen molar-refractivity contribution < 1.29 is 22.8 Å². The summed E-state index contributed by atoms with van der Waals surface area (Å²) in [7, 11) is -6.14. The molecule has 158 valence electrons. The third-order valence-electron chi connectivity index (χ3n) is 4.80. The molecule has 0 spiro atoms. The molecular weight excluding hydrogens is 433 g/mol. The Morgan fingerprint density at radius 3 is 2.70 bits per heavy atom. The molecule has 3 aromatic heterocycles. The van der Waals surface area contributed by atoms with Gasteiger partial charge >= 0.3 is 8.25 Å². The van der Waals surface area contributed by atoms with Crippen LogP contribution < -0.4 is 0 Å². The molecule has 1 aliphatic rings. The van der Waals surface area contributed by atoms with Gasteiger partial charge in [-0.15, -0.1) is 9.79 Å². The molecule has 12 nitrogen and oxygen atoms in total. The van der Waals surface area contributed by atoms with Crippen molar-refractivity contribution >= 4 is 29.3 Å². The lowest BCUT2D eigenvalue weighted by molar-refractivity contribution is 0.0719. The highest BCUT2D eigenvalue weighted by Gasteiger charge is 2.49. The van der Waals surface area contributed by atoms with E-state index in [1.807, 2.05) is 12.3 Å². The van der Waals surface area contributed by atoms with E-state index in [1.54, 1.807) is 24.0 Å². The normalized spacial score (nSPS) is 15.7. The van der Waals surface area contributed by atoms with Crippen LogP contribution in [0.4, 0.5) is 0 Å². The number of sulfonamides is 1. The maximum Gasteiger partial charge on any atom is 0.692 e. The number of hydrogen-bond donors (Lipinski definition) is 3. The zero-order chi connectivity index (χ0) is 21.9. The number of aromatic nitrogens is 5. The zero-order valence-corrected chi connectivity index (χ0v) is 17.6. The number of rotatable bonds is 5. The molecule has 4 heterocycles. The largest absolute Gasteiger partial charge is 0.692 e. The summed E-state index contributed by atoms with van der Waals surface area (Å²) >= 11 is 0. The minimum absolute atomic E-state index is 0.0480. The van der Waals surface area contributed by atoms with E-state index in [2.05, 4.69) is 26.1 Å². The molecule has 3 N–H and O–H groups in total. The summed E-state index contributed by atoms with van der Waals surface area (Å²) in [5.74, 6) is 0.0480. The third kappa shape index (κ3) is 4.23. The molecule has 0 unspecified atom stereocenters. The van der Waals surface area contributed by atoms with Crippen molar-refractivity contribution in [2.75, 3.05) is 18.8 Å². The first-order valence-corrected chi connectivity index (χ1v) is 11.5. The predicted octanol–water partition coefficient (Wildman–Crippen LogP) is 0.724. The van der Waals surface area contributed by atoms with E-state index in [1.165, 1.54) is 10.6 Å². The Labute approximate surface area is 172 Å². The molecule has 0 aliphatic carbocycles. The molecule has 0 aromatic carbocycles. The molecule has 0 saturated carbocycles. The molecule has 3 aromatic rings. The van der Waals surface area contributed by atoms with Gasteiger partial charge in [-0.05, 0) is 13.0 Å². The van der Waals surface area contributed by atoms with Gasteiger partial charge < -0.3 is 4.98 Å². The molecule has 0 amide bonds. The molecular formula is C16H19N7O5PS+. The lowest BCUT2D eigenvalue weighted by Gasteiger charge is -2.47. The fourth-order valence-corrected chi connectivity index (χ4v) is 4.52. The molecule has 4 rings (SSSR count). The Morgan fingerprint density at radius 2 is 2.07 bits per heavy atom. The van der Waals surface area contributed by atoms with Crippen molar-refractivity contribution in [3.63, 3.8) is 0 Å². The Morgan fingerprint density at radius 1 is 1.37 bits per heavy atom. The first-order valence-electron chi connectivity index (χ1n) is 8.76. The highest BCUT2D eigenvalue weighted by atomic mass is 32.2. The van der Waals surface area contributed by atoms with Crippen molar-refractivity contribution in [2.45, 2.75) is 18.9 Å². The minimum Gasteiger partial charge on any atom is -0.346 e. The molecule has 1 aliphatic heterocycles.